The van der Waals surface area contributed by atoms with Crippen LogP contribution in [0.3, 0.4) is 0 Å². The van der Waals surface area contributed by atoms with Crippen LogP contribution >= 0.6 is 0 Å². The van der Waals surface area contributed by atoms with Gasteiger partial charge in [-0.3, -0.25) is 0 Å². The zero-order valence-corrected chi connectivity index (χ0v) is 13.6. The van der Waals surface area contributed by atoms with Crippen molar-refractivity contribution in [2.24, 2.45) is 5.92 Å². The van der Waals surface area contributed by atoms with Crippen molar-refractivity contribution in [3.63, 3.8) is 0 Å². The maximum absolute atomic E-state index is 9.37. The topological polar surface area (TPSA) is 75.3 Å². The second kappa shape index (κ2) is 6.24. The number of phenolic OH excluding ortho intramolecular Hbond substituents is 1. The minimum Gasteiger partial charge on any atom is -0.508 e. The third-order valence-corrected chi connectivity index (χ3v) is 4.00. The fourth-order valence-corrected chi connectivity index (χ4v) is 2.22. The summed E-state index contributed by atoms with van der Waals surface area (Å²) in [4.78, 5) is 0. The van der Waals surface area contributed by atoms with Gasteiger partial charge >= 0.3 is 0 Å². The largest absolute Gasteiger partial charge is 0.508 e. The molecule has 0 amide bonds. The lowest BCUT2D eigenvalue weighted by atomic mass is 10.1. The van der Waals surface area contributed by atoms with Crippen LogP contribution in [0, 0.1) is 5.92 Å². The van der Waals surface area contributed by atoms with Crippen molar-refractivity contribution < 1.29 is 5.11 Å². The predicted octanol–water partition coefficient (Wildman–Crippen LogP) is 2.88. The van der Waals surface area contributed by atoms with Crippen LogP contribution in [0.4, 0.5) is 5.82 Å². The molecule has 6 heteroatoms. The van der Waals surface area contributed by atoms with E-state index in [1.807, 2.05) is 24.3 Å². The molecular formula is C17H21N5O. The summed E-state index contributed by atoms with van der Waals surface area (Å²) >= 11 is 0. The van der Waals surface area contributed by atoms with Gasteiger partial charge in [0.2, 0.25) is 0 Å². The van der Waals surface area contributed by atoms with E-state index in [1.54, 1.807) is 16.6 Å². The van der Waals surface area contributed by atoms with Gasteiger partial charge in [0.1, 0.15) is 11.6 Å². The highest BCUT2D eigenvalue weighted by Gasteiger charge is 2.11. The summed E-state index contributed by atoms with van der Waals surface area (Å²) in [6.45, 7) is 6.48. The highest BCUT2D eigenvalue weighted by Crippen LogP contribution is 2.15. The van der Waals surface area contributed by atoms with Crippen LogP contribution in [0.25, 0.3) is 5.65 Å². The number of aromatic nitrogens is 4. The van der Waals surface area contributed by atoms with Crippen LogP contribution < -0.4 is 5.32 Å². The van der Waals surface area contributed by atoms with Crippen LogP contribution in [0.5, 0.6) is 5.75 Å². The van der Waals surface area contributed by atoms with Gasteiger partial charge in [0.15, 0.2) is 11.5 Å². The van der Waals surface area contributed by atoms with Crippen molar-refractivity contribution in [2.75, 3.05) is 5.32 Å². The number of phenols is 1. The lowest BCUT2D eigenvalue weighted by Crippen LogP contribution is -2.22. The number of benzene rings is 1. The number of nitrogens with one attached hydrogen (secondary N) is 1. The fraction of sp³-hybridized carbons (Fsp3) is 0.353. The molecule has 120 valence electrons. The van der Waals surface area contributed by atoms with Crippen molar-refractivity contribution in [1.29, 1.82) is 0 Å². The number of nitrogens with zero attached hydrogens (tertiary/aromatic N) is 4. The van der Waals surface area contributed by atoms with Crippen molar-refractivity contribution in [2.45, 2.75) is 33.2 Å². The van der Waals surface area contributed by atoms with Crippen molar-refractivity contribution in [1.82, 2.24) is 19.8 Å². The smallest absolute Gasteiger partial charge is 0.178 e. The number of rotatable bonds is 5. The molecule has 2 N–H and O–H groups in total. The van der Waals surface area contributed by atoms with E-state index in [2.05, 4.69) is 41.4 Å². The molecule has 0 bridgehead atoms. The van der Waals surface area contributed by atoms with Gasteiger partial charge in [-0.05, 0) is 42.7 Å². The standard InChI is InChI=1S/C17H21N5O/c1-11(2)12(3)18-15-8-9-16-19-20-17(22(16)21-15)10-13-4-6-14(23)7-5-13/h4-9,11-12,23H,10H2,1-3H3,(H,18,21)/t12-/m0/s1. The summed E-state index contributed by atoms with van der Waals surface area (Å²) in [5.74, 6) is 2.36. The molecule has 23 heavy (non-hydrogen) atoms. The minimum absolute atomic E-state index is 0.257. The summed E-state index contributed by atoms with van der Waals surface area (Å²) < 4.78 is 1.77. The molecule has 6 nitrogen and oxygen atoms in total. The molecule has 0 aliphatic heterocycles. The van der Waals surface area contributed by atoms with Crippen LogP contribution in [0.15, 0.2) is 36.4 Å². The van der Waals surface area contributed by atoms with Crippen LogP contribution in [-0.4, -0.2) is 31.0 Å². The normalized spacial score (nSPS) is 12.7. The van der Waals surface area contributed by atoms with E-state index in [9.17, 15) is 5.11 Å². The van der Waals surface area contributed by atoms with E-state index in [-0.39, 0.29) is 5.75 Å². The van der Waals surface area contributed by atoms with Crippen molar-refractivity contribution in [3.05, 3.63) is 47.8 Å². The van der Waals surface area contributed by atoms with E-state index in [1.165, 1.54) is 0 Å². The van der Waals surface area contributed by atoms with E-state index in [0.717, 1.165) is 22.9 Å². The Hall–Kier alpha value is -2.63. The average Bonchev–Trinajstić information content (AvgIpc) is 2.92. The maximum Gasteiger partial charge on any atom is 0.178 e. The van der Waals surface area contributed by atoms with Gasteiger partial charge in [-0.2, -0.15) is 4.52 Å². The molecular weight excluding hydrogens is 290 g/mol. The highest BCUT2D eigenvalue weighted by molar-refractivity contribution is 5.44. The van der Waals surface area contributed by atoms with Gasteiger partial charge in [-0.25, -0.2) is 0 Å². The lowest BCUT2D eigenvalue weighted by Gasteiger charge is -2.17. The molecule has 0 saturated heterocycles. The second-order valence-electron chi connectivity index (χ2n) is 6.13. The Morgan fingerprint density at radius 3 is 2.48 bits per heavy atom. The molecule has 0 radical (unpaired) electrons. The SMILES string of the molecule is CC(C)[C@H](C)Nc1ccc2nnc(Cc3ccc(O)cc3)n2n1. The molecule has 2 heterocycles. The second-order valence-corrected chi connectivity index (χ2v) is 6.13. The van der Waals surface area contributed by atoms with Gasteiger partial charge in [0, 0.05) is 12.5 Å². The van der Waals surface area contributed by atoms with Gasteiger partial charge in [-0.15, -0.1) is 15.3 Å². The predicted molar refractivity (Wildman–Crippen MR) is 89.6 cm³/mol. The molecule has 0 aliphatic carbocycles. The Kier molecular flexibility index (Phi) is 4.14. The number of fused-ring (bicyclic) bond motifs is 1. The van der Waals surface area contributed by atoms with Gasteiger partial charge < -0.3 is 10.4 Å². The third-order valence-electron chi connectivity index (χ3n) is 4.00. The Labute approximate surface area is 135 Å². The Balaban J connectivity index is 1.87. The Bertz CT molecular complexity index is 794. The van der Waals surface area contributed by atoms with Crippen LogP contribution in [-0.2, 0) is 6.42 Å². The van der Waals surface area contributed by atoms with Gasteiger partial charge in [-0.1, -0.05) is 26.0 Å². The zero-order valence-electron chi connectivity index (χ0n) is 13.6. The molecule has 0 saturated carbocycles. The summed E-state index contributed by atoms with van der Waals surface area (Å²) in [6.07, 6.45) is 0.609. The quantitative estimate of drug-likeness (QED) is 0.758. The van der Waals surface area contributed by atoms with Crippen LogP contribution in [0.1, 0.15) is 32.2 Å². The Morgan fingerprint density at radius 1 is 1.04 bits per heavy atom. The Morgan fingerprint density at radius 2 is 1.78 bits per heavy atom. The van der Waals surface area contributed by atoms with Gasteiger partial charge in [0.05, 0.1) is 0 Å². The average molecular weight is 311 g/mol. The first-order valence-corrected chi connectivity index (χ1v) is 7.78. The van der Waals surface area contributed by atoms with E-state index < -0.39 is 0 Å². The molecule has 2 aromatic heterocycles. The molecule has 0 fully saturated rings. The number of aromatic hydroxyl groups is 1. The lowest BCUT2D eigenvalue weighted by molar-refractivity contribution is 0.475. The first-order valence-electron chi connectivity index (χ1n) is 7.78. The summed E-state index contributed by atoms with van der Waals surface area (Å²) in [5.41, 5.74) is 1.77. The zero-order chi connectivity index (χ0) is 16.4. The molecule has 0 unspecified atom stereocenters. The van der Waals surface area contributed by atoms with Gasteiger partial charge in [0.25, 0.3) is 0 Å². The molecule has 0 aliphatic rings. The first kappa shape index (κ1) is 15.3. The first-order chi connectivity index (χ1) is 11.0. The van der Waals surface area contributed by atoms with Crippen LogP contribution in [0.2, 0.25) is 0 Å². The molecule has 3 rings (SSSR count). The third kappa shape index (κ3) is 3.41. The molecule has 1 aromatic carbocycles. The number of hydrogen-bond acceptors (Lipinski definition) is 5. The monoisotopic (exact) mass is 311 g/mol. The van der Waals surface area contributed by atoms with E-state index >= 15 is 0 Å². The van der Waals surface area contributed by atoms with E-state index in [4.69, 9.17) is 0 Å². The molecule has 1 atom stereocenters. The number of hydrogen-bond donors (Lipinski definition) is 2. The molecule has 3 aromatic rings. The minimum atomic E-state index is 0.257. The highest BCUT2D eigenvalue weighted by atomic mass is 16.3. The summed E-state index contributed by atoms with van der Waals surface area (Å²) in [6, 6.07) is 11.3. The summed E-state index contributed by atoms with van der Waals surface area (Å²) in [5, 5.41) is 25.8. The molecule has 0 spiro atoms. The fourth-order valence-electron chi connectivity index (χ4n) is 2.22. The maximum atomic E-state index is 9.37. The van der Waals surface area contributed by atoms with Crippen molar-refractivity contribution >= 4 is 11.5 Å². The van der Waals surface area contributed by atoms with Crippen molar-refractivity contribution in [3.8, 4) is 5.75 Å². The number of anilines is 1. The summed E-state index contributed by atoms with van der Waals surface area (Å²) in [7, 11) is 0. The van der Waals surface area contributed by atoms with E-state index in [0.29, 0.717) is 18.4 Å².